The molecule has 0 bridgehead atoms. The van der Waals surface area contributed by atoms with Crippen molar-refractivity contribution in [2.45, 2.75) is 51.4 Å². The predicted molar refractivity (Wildman–Crippen MR) is 85.3 cm³/mol. The minimum Gasteiger partial charge on any atom is -0.504 e. The van der Waals surface area contributed by atoms with Crippen LogP contribution >= 0.6 is 0 Å². The zero-order valence-corrected chi connectivity index (χ0v) is 13.8. The van der Waals surface area contributed by atoms with Crippen molar-refractivity contribution in [1.82, 2.24) is 0 Å². The summed E-state index contributed by atoms with van der Waals surface area (Å²) in [5, 5.41) is 18.7. The van der Waals surface area contributed by atoms with E-state index in [1.54, 1.807) is 19.9 Å². The number of rotatable bonds is 7. The van der Waals surface area contributed by atoms with Crippen LogP contribution in [0.1, 0.15) is 32.3 Å². The van der Waals surface area contributed by atoms with Gasteiger partial charge in [-0.3, -0.25) is 9.59 Å². The molecule has 1 aliphatic rings. The van der Waals surface area contributed by atoms with Crippen LogP contribution in [0.3, 0.4) is 0 Å². The zero-order chi connectivity index (χ0) is 17.9. The van der Waals surface area contributed by atoms with E-state index in [1.807, 2.05) is 0 Å². The van der Waals surface area contributed by atoms with Crippen molar-refractivity contribution < 1.29 is 29.3 Å². The maximum atomic E-state index is 12.0. The number of hydrogen-bond donors (Lipinski definition) is 3. The molecule has 1 fully saturated rings. The van der Waals surface area contributed by atoms with E-state index in [2.05, 4.69) is 0 Å². The smallest absolute Gasteiger partial charge is 0.323 e. The molecule has 7 heteroatoms. The first-order valence-electron chi connectivity index (χ1n) is 7.95. The summed E-state index contributed by atoms with van der Waals surface area (Å²) in [5.74, 6) is -1.41. The summed E-state index contributed by atoms with van der Waals surface area (Å²) in [7, 11) is 0. The number of benzene rings is 1. The quantitative estimate of drug-likeness (QED) is 0.506. The minimum absolute atomic E-state index is 0.0141. The molecule has 1 saturated carbocycles. The highest BCUT2D eigenvalue weighted by molar-refractivity contribution is 5.76. The van der Waals surface area contributed by atoms with Gasteiger partial charge in [-0.25, -0.2) is 0 Å². The van der Waals surface area contributed by atoms with Crippen molar-refractivity contribution >= 4 is 11.9 Å². The normalized spacial score (nSPS) is 17.6. The molecular weight excluding hydrogens is 314 g/mol. The summed E-state index contributed by atoms with van der Waals surface area (Å²) in [5.41, 5.74) is 6.41. The van der Waals surface area contributed by atoms with Crippen molar-refractivity contribution in [3.63, 3.8) is 0 Å². The van der Waals surface area contributed by atoms with Crippen molar-refractivity contribution in [2.24, 2.45) is 11.7 Å². The standard InChI is InChI=1S/C17H23NO6/c1-9(23-16(21)12-4-5-12)10(2)24-17(22)13(18)7-11-3-6-14(19)15(20)8-11/h3,6,8-10,12-13,19-20H,4-5,7,18H2,1-2H3/t9-,10-,13+/m1/s1. The van der Waals surface area contributed by atoms with Gasteiger partial charge in [0.2, 0.25) is 0 Å². The van der Waals surface area contributed by atoms with Crippen molar-refractivity contribution in [3.8, 4) is 11.5 Å². The number of hydrogen-bond acceptors (Lipinski definition) is 7. The molecule has 1 aromatic carbocycles. The van der Waals surface area contributed by atoms with Crippen LogP contribution in [0, 0.1) is 5.92 Å². The Morgan fingerprint density at radius 3 is 2.38 bits per heavy atom. The van der Waals surface area contributed by atoms with Gasteiger partial charge < -0.3 is 25.4 Å². The van der Waals surface area contributed by atoms with Crippen LogP contribution in [-0.2, 0) is 25.5 Å². The van der Waals surface area contributed by atoms with E-state index in [9.17, 15) is 19.8 Å². The molecule has 132 valence electrons. The molecule has 0 aromatic heterocycles. The molecule has 0 radical (unpaired) electrons. The SMILES string of the molecule is C[C@@H](OC(=O)C1CC1)[C@@H](C)OC(=O)[C@@H](N)Cc1ccc(O)c(O)c1. The second kappa shape index (κ2) is 7.53. The third-order valence-electron chi connectivity index (χ3n) is 3.97. The van der Waals surface area contributed by atoms with Gasteiger partial charge >= 0.3 is 11.9 Å². The van der Waals surface area contributed by atoms with E-state index in [0.29, 0.717) is 5.56 Å². The van der Waals surface area contributed by atoms with Crippen LogP contribution in [0.25, 0.3) is 0 Å². The fourth-order valence-corrected chi connectivity index (χ4v) is 2.09. The van der Waals surface area contributed by atoms with Crippen molar-refractivity contribution in [2.75, 3.05) is 0 Å². The topological polar surface area (TPSA) is 119 Å². The van der Waals surface area contributed by atoms with Gasteiger partial charge in [0.25, 0.3) is 0 Å². The van der Waals surface area contributed by atoms with E-state index in [-0.39, 0.29) is 29.8 Å². The predicted octanol–water partition coefficient (Wildman–Crippen LogP) is 1.24. The average Bonchev–Trinajstić information content (AvgIpc) is 3.35. The number of ether oxygens (including phenoxy) is 2. The van der Waals surface area contributed by atoms with Crippen LogP contribution in [0.5, 0.6) is 11.5 Å². The van der Waals surface area contributed by atoms with Crippen LogP contribution < -0.4 is 5.73 Å². The first-order valence-corrected chi connectivity index (χ1v) is 7.95. The molecule has 24 heavy (non-hydrogen) atoms. The number of esters is 2. The third kappa shape index (κ3) is 4.86. The lowest BCUT2D eigenvalue weighted by Crippen LogP contribution is -2.39. The van der Waals surface area contributed by atoms with Crippen LogP contribution in [0.15, 0.2) is 18.2 Å². The molecule has 0 amide bonds. The van der Waals surface area contributed by atoms with Crippen LogP contribution in [-0.4, -0.2) is 40.4 Å². The Morgan fingerprint density at radius 1 is 1.17 bits per heavy atom. The minimum atomic E-state index is -0.928. The van der Waals surface area contributed by atoms with Gasteiger partial charge in [-0.05, 0) is 50.8 Å². The third-order valence-corrected chi connectivity index (χ3v) is 3.97. The van der Waals surface area contributed by atoms with Gasteiger partial charge in [-0.2, -0.15) is 0 Å². The van der Waals surface area contributed by atoms with E-state index >= 15 is 0 Å². The molecule has 0 aliphatic heterocycles. The Labute approximate surface area is 140 Å². The Morgan fingerprint density at radius 2 is 1.79 bits per heavy atom. The van der Waals surface area contributed by atoms with E-state index < -0.39 is 24.2 Å². The summed E-state index contributed by atoms with van der Waals surface area (Å²) in [6, 6.07) is 3.30. The monoisotopic (exact) mass is 337 g/mol. The Balaban J connectivity index is 1.83. The Bertz CT molecular complexity index is 613. The molecule has 7 nitrogen and oxygen atoms in total. The molecule has 2 rings (SSSR count). The summed E-state index contributed by atoms with van der Waals surface area (Å²) >= 11 is 0. The van der Waals surface area contributed by atoms with Crippen LogP contribution in [0.2, 0.25) is 0 Å². The van der Waals surface area contributed by atoms with Gasteiger partial charge in [-0.1, -0.05) is 6.07 Å². The maximum absolute atomic E-state index is 12.0. The summed E-state index contributed by atoms with van der Waals surface area (Å²) < 4.78 is 10.5. The Hall–Kier alpha value is -2.28. The molecule has 0 spiro atoms. The zero-order valence-electron chi connectivity index (χ0n) is 13.8. The number of carbonyl (C=O) groups is 2. The molecule has 0 heterocycles. The highest BCUT2D eigenvalue weighted by Crippen LogP contribution is 2.30. The lowest BCUT2D eigenvalue weighted by atomic mass is 10.1. The first kappa shape index (κ1) is 18.1. The highest BCUT2D eigenvalue weighted by atomic mass is 16.6. The summed E-state index contributed by atoms with van der Waals surface area (Å²) in [6.07, 6.45) is 0.690. The summed E-state index contributed by atoms with van der Waals surface area (Å²) in [4.78, 5) is 23.7. The Kier molecular flexibility index (Phi) is 5.66. The summed E-state index contributed by atoms with van der Waals surface area (Å²) in [6.45, 7) is 3.31. The van der Waals surface area contributed by atoms with Gasteiger partial charge in [0, 0.05) is 0 Å². The van der Waals surface area contributed by atoms with Crippen LogP contribution in [0.4, 0.5) is 0 Å². The number of phenolic OH excluding ortho intramolecular Hbond substituents is 2. The lowest BCUT2D eigenvalue weighted by molar-refractivity contribution is -0.167. The van der Waals surface area contributed by atoms with Gasteiger partial charge in [0.05, 0.1) is 5.92 Å². The number of aromatic hydroxyl groups is 2. The lowest BCUT2D eigenvalue weighted by Gasteiger charge is -2.22. The molecular formula is C17H23NO6. The maximum Gasteiger partial charge on any atom is 0.323 e. The largest absolute Gasteiger partial charge is 0.504 e. The number of phenols is 2. The number of nitrogens with two attached hydrogens (primary N) is 1. The molecule has 1 aromatic rings. The van der Waals surface area contributed by atoms with Crippen molar-refractivity contribution in [1.29, 1.82) is 0 Å². The second-order valence-electron chi connectivity index (χ2n) is 6.19. The van der Waals surface area contributed by atoms with Gasteiger partial charge in [-0.15, -0.1) is 0 Å². The fraction of sp³-hybridized carbons (Fsp3) is 0.529. The first-order chi connectivity index (χ1) is 11.3. The highest BCUT2D eigenvalue weighted by Gasteiger charge is 2.33. The van der Waals surface area contributed by atoms with Gasteiger partial charge in [0.1, 0.15) is 18.2 Å². The second-order valence-corrected chi connectivity index (χ2v) is 6.19. The molecule has 0 saturated heterocycles. The van der Waals surface area contributed by atoms with E-state index in [1.165, 1.54) is 12.1 Å². The van der Waals surface area contributed by atoms with E-state index in [0.717, 1.165) is 12.8 Å². The van der Waals surface area contributed by atoms with Gasteiger partial charge in [0.15, 0.2) is 11.5 Å². The fourth-order valence-electron chi connectivity index (χ4n) is 2.09. The molecule has 0 unspecified atom stereocenters. The number of carbonyl (C=O) groups excluding carboxylic acids is 2. The average molecular weight is 337 g/mol. The molecule has 1 aliphatic carbocycles. The van der Waals surface area contributed by atoms with Crippen molar-refractivity contribution in [3.05, 3.63) is 23.8 Å². The molecule has 3 atom stereocenters. The van der Waals surface area contributed by atoms with E-state index in [4.69, 9.17) is 15.2 Å². The molecule has 4 N–H and O–H groups in total.